The number of piperidine rings is 1. The number of aromatic amines is 1. The molecular weight excluding hydrogens is 248 g/mol. The number of likely N-dealkylation sites (N-methyl/N-ethyl adjacent to an activating group) is 1. The van der Waals surface area contributed by atoms with Crippen molar-refractivity contribution in [1.29, 1.82) is 0 Å². The maximum absolute atomic E-state index is 5.54. The van der Waals surface area contributed by atoms with Gasteiger partial charge in [-0.3, -0.25) is 11.3 Å². The number of hydrazine groups is 1. The number of fused-ring (bicyclic) bond motifs is 2. The van der Waals surface area contributed by atoms with Gasteiger partial charge in [0.15, 0.2) is 0 Å². The minimum absolute atomic E-state index is 0.637. The average Bonchev–Trinajstić information content (AvgIpc) is 2.86. The van der Waals surface area contributed by atoms with Crippen LogP contribution in [0, 0.1) is 5.92 Å². The molecule has 4 N–H and O–H groups in total. The maximum atomic E-state index is 5.54. The summed E-state index contributed by atoms with van der Waals surface area (Å²) >= 11 is 0. The van der Waals surface area contributed by atoms with Crippen molar-refractivity contribution < 1.29 is 0 Å². The van der Waals surface area contributed by atoms with Gasteiger partial charge in [0.2, 0.25) is 0 Å². The predicted octanol–water partition coefficient (Wildman–Crippen LogP) is 1.59. The number of likely N-dealkylation sites (tertiary alicyclic amines) is 1. The van der Waals surface area contributed by atoms with Crippen molar-refractivity contribution in [2.45, 2.75) is 24.8 Å². The summed E-state index contributed by atoms with van der Waals surface area (Å²) in [6.45, 7) is 2.05. The normalized spacial score (nSPS) is 29.6. The Morgan fingerprint density at radius 3 is 3.20 bits per heavy atom. The number of aromatic nitrogens is 1. The molecule has 3 atom stereocenters. The highest BCUT2D eigenvalue weighted by atomic mass is 15.2. The van der Waals surface area contributed by atoms with Crippen LogP contribution in [0.4, 0.5) is 0 Å². The Morgan fingerprint density at radius 2 is 2.35 bits per heavy atom. The number of hydrogen-bond donors (Lipinski definition) is 3. The highest BCUT2D eigenvalue weighted by molar-refractivity contribution is 5.88. The summed E-state index contributed by atoms with van der Waals surface area (Å²) in [4.78, 5) is 5.96. The van der Waals surface area contributed by atoms with Gasteiger partial charge in [-0.25, -0.2) is 0 Å². The molecule has 20 heavy (non-hydrogen) atoms. The van der Waals surface area contributed by atoms with Gasteiger partial charge in [0.05, 0.1) is 0 Å². The van der Waals surface area contributed by atoms with Crippen LogP contribution in [0.3, 0.4) is 0 Å². The van der Waals surface area contributed by atoms with E-state index in [2.05, 4.69) is 46.8 Å². The molecule has 0 bridgehead atoms. The molecule has 2 aliphatic rings. The topological polar surface area (TPSA) is 57.1 Å². The van der Waals surface area contributed by atoms with Gasteiger partial charge in [0.25, 0.3) is 0 Å². The lowest BCUT2D eigenvalue weighted by Crippen LogP contribution is -2.50. The number of hydrogen-bond acceptors (Lipinski definition) is 3. The second-order valence-electron chi connectivity index (χ2n) is 6.41. The van der Waals surface area contributed by atoms with Crippen LogP contribution in [0.15, 0.2) is 24.4 Å². The fraction of sp³-hybridized carbons (Fsp3) is 0.500. The summed E-state index contributed by atoms with van der Waals surface area (Å²) in [5.74, 6) is 6.81. The van der Waals surface area contributed by atoms with Crippen LogP contribution in [-0.2, 0) is 6.42 Å². The van der Waals surface area contributed by atoms with Crippen molar-refractivity contribution in [1.82, 2.24) is 15.3 Å². The fourth-order valence-corrected chi connectivity index (χ4v) is 4.37. The highest BCUT2D eigenvalue weighted by Gasteiger charge is 2.38. The second-order valence-corrected chi connectivity index (χ2v) is 6.41. The van der Waals surface area contributed by atoms with E-state index in [0.29, 0.717) is 17.9 Å². The SMILES string of the molecule is CN1CC(CNN)C[C@@H]2c3cccc4[nH]cc(c34)C[C@H]21. The smallest absolute Gasteiger partial charge is 0.0459 e. The standard InChI is InChI=1S/C16H22N4/c1-20-9-10(7-19-17)5-13-12-3-2-4-14-16(12)11(8-18-14)6-15(13)20/h2-4,8,10,13,15,18-19H,5-7,9,17H2,1H3/t10?,13-,15-/m1/s1. The summed E-state index contributed by atoms with van der Waals surface area (Å²) in [5.41, 5.74) is 7.17. The van der Waals surface area contributed by atoms with E-state index in [1.165, 1.54) is 34.9 Å². The number of nitrogens with zero attached hydrogens (tertiary/aromatic N) is 1. The van der Waals surface area contributed by atoms with Crippen LogP contribution in [0.1, 0.15) is 23.5 Å². The molecule has 1 aliphatic carbocycles. The van der Waals surface area contributed by atoms with E-state index >= 15 is 0 Å². The lowest BCUT2D eigenvalue weighted by atomic mass is 9.72. The van der Waals surface area contributed by atoms with Gasteiger partial charge in [0.1, 0.15) is 0 Å². The van der Waals surface area contributed by atoms with E-state index in [4.69, 9.17) is 5.84 Å². The van der Waals surface area contributed by atoms with E-state index in [1.54, 1.807) is 0 Å². The Bertz CT molecular complexity index is 632. The van der Waals surface area contributed by atoms with Crippen LogP contribution in [0.5, 0.6) is 0 Å². The number of benzene rings is 1. The number of H-pyrrole nitrogens is 1. The largest absolute Gasteiger partial charge is 0.361 e. The first-order valence-corrected chi connectivity index (χ1v) is 7.50. The Balaban J connectivity index is 1.79. The van der Waals surface area contributed by atoms with Gasteiger partial charge in [-0.2, -0.15) is 0 Å². The molecule has 1 aromatic heterocycles. The molecule has 1 fully saturated rings. The van der Waals surface area contributed by atoms with Gasteiger partial charge in [-0.15, -0.1) is 0 Å². The first kappa shape index (κ1) is 12.4. The fourth-order valence-electron chi connectivity index (χ4n) is 4.37. The first-order chi connectivity index (χ1) is 9.78. The van der Waals surface area contributed by atoms with Crippen LogP contribution >= 0.6 is 0 Å². The van der Waals surface area contributed by atoms with Crippen LogP contribution < -0.4 is 11.3 Å². The van der Waals surface area contributed by atoms with Crippen molar-refractivity contribution in [3.05, 3.63) is 35.5 Å². The molecule has 2 aromatic rings. The molecule has 0 amide bonds. The molecule has 0 spiro atoms. The Hall–Kier alpha value is -1.36. The zero-order valence-corrected chi connectivity index (χ0v) is 11.9. The quantitative estimate of drug-likeness (QED) is 0.574. The van der Waals surface area contributed by atoms with E-state index in [1.807, 2.05) is 0 Å². The number of rotatable bonds is 2. The molecule has 0 radical (unpaired) electrons. The van der Waals surface area contributed by atoms with Gasteiger partial charge in [0, 0.05) is 42.1 Å². The van der Waals surface area contributed by atoms with Crippen molar-refractivity contribution >= 4 is 10.9 Å². The number of nitrogens with two attached hydrogens (primary N) is 1. The van der Waals surface area contributed by atoms with Gasteiger partial charge < -0.3 is 9.88 Å². The summed E-state index contributed by atoms with van der Waals surface area (Å²) in [7, 11) is 2.26. The van der Waals surface area contributed by atoms with Crippen LogP contribution in [-0.4, -0.2) is 36.1 Å². The van der Waals surface area contributed by atoms with E-state index in [9.17, 15) is 0 Å². The third-order valence-corrected chi connectivity index (χ3v) is 5.22. The van der Waals surface area contributed by atoms with Gasteiger partial charge in [-0.1, -0.05) is 12.1 Å². The lowest BCUT2D eigenvalue weighted by Gasteiger charge is -2.45. The minimum Gasteiger partial charge on any atom is -0.361 e. The molecule has 1 unspecified atom stereocenters. The molecule has 106 valence electrons. The zero-order valence-electron chi connectivity index (χ0n) is 11.9. The third-order valence-electron chi connectivity index (χ3n) is 5.22. The molecule has 4 rings (SSSR count). The zero-order chi connectivity index (χ0) is 13.7. The first-order valence-electron chi connectivity index (χ1n) is 7.50. The van der Waals surface area contributed by atoms with Crippen molar-refractivity contribution in [3.63, 3.8) is 0 Å². The molecule has 1 aliphatic heterocycles. The minimum atomic E-state index is 0.637. The molecule has 0 saturated carbocycles. The molecule has 4 nitrogen and oxygen atoms in total. The molecule has 1 saturated heterocycles. The highest BCUT2D eigenvalue weighted by Crippen LogP contribution is 2.44. The summed E-state index contributed by atoms with van der Waals surface area (Å²) in [6, 6.07) is 7.33. The van der Waals surface area contributed by atoms with Crippen LogP contribution in [0.2, 0.25) is 0 Å². The monoisotopic (exact) mass is 270 g/mol. The van der Waals surface area contributed by atoms with Gasteiger partial charge in [-0.05, 0) is 43.0 Å². The second kappa shape index (κ2) is 4.58. The van der Waals surface area contributed by atoms with Crippen molar-refractivity contribution in [3.8, 4) is 0 Å². The average molecular weight is 270 g/mol. The Kier molecular flexibility index (Phi) is 2.84. The van der Waals surface area contributed by atoms with Crippen molar-refractivity contribution in [2.24, 2.45) is 11.8 Å². The van der Waals surface area contributed by atoms with E-state index in [0.717, 1.165) is 13.1 Å². The van der Waals surface area contributed by atoms with E-state index in [-0.39, 0.29) is 0 Å². The van der Waals surface area contributed by atoms with Gasteiger partial charge >= 0.3 is 0 Å². The molecule has 4 heteroatoms. The number of nitrogens with one attached hydrogen (secondary N) is 2. The summed E-state index contributed by atoms with van der Waals surface area (Å²) in [6.07, 6.45) is 4.61. The molecule has 2 heterocycles. The van der Waals surface area contributed by atoms with Crippen LogP contribution in [0.25, 0.3) is 10.9 Å². The Labute approximate surface area is 119 Å². The van der Waals surface area contributed by atoms with Crippen molar-refractivity contribution in [2.75, 3.05) is 20.1 Å². The predicted molar refractivity (Wildman–Crippen MR) is 81.5 cm³/mol. The lowest BCUT2D eigenvalue weighted by molar-refractivity contribution is 0.111. The van der Waals surface area contributed by atoms with E-state index < -0.39 is 0 Å². The summed E-state index contributed by atoms with van der Waals surface area (Å²) in [5, 5.41) is 1.48. The third kappa shape index (κ3) is 1.72. The summed E-state index contributed by atoms with van der Waals surface area (Å²) < 4.78 is 0. The maximum Gasteiger partial charge on any atom is 0.0459 e. The molecule has 1 aromatic carbocycles. The Morgan fingerprint density at radius 1 is 1.45 bits per heavy atom. The molecular formula is C16H22N4.